The minimum Gasteiger partial charge on any atom is -0.346 e. The van der Waals surface area contributed by atoms with E-state index < -0.39 is 0 Å². The molecule has 1 heterocycles. The van der Waals surface area contributed by atoms with Gasteiger partial charge in [-0.1, -0.05) is 65.9 Å². The first-order valence-electron chi connectivity index (χ1n) is 9.85. The Kier molecular flexibility index (Phi) is 7.09. The largest absolute Gasteiger partial charge is 0.346 e. The lowest BCUT2D eigenvalue weighted by molar-refractivity contribution is -0.121. The summed E-state index contributed by atoms with van der Waals surface area (Å²) in [4.78, 5) is 12.4. The molecule has 0 bridgehead atoms. The third-order valence-corrected chi connectivity index (χ3v) is 6.08. The monoisotopic (exact) mass is 408 g/mol. The molecule has 0 radical (unpaired) electrons. The number of carbonyl (C=O) groups excluding carboxylic acids is 1. The standard InChI is InChI=1S/C23H28N4OS/c1-16-9-11-19(12-10-16)13-14-21(28)24-18(3)22-25-26-23(27(22)4)29-15-20-8-6-5-7-17(20)2/h5-12,18H,13-15H2,1-4H3,(H,24,28)/t18-/m0/s1. The van der Waals surface area contributed by atoms with Crippen molar-refractivity contribution in [3.05, 3.63) is 76.6 Å². The van der Waals surface area contributed by atoms with Crippen molar-refractivity contribution < 1.29 is 4.79 Å². The Balaban J connectivity index is 1.54. The van der Waals surface area contributed by atoms with Gasteiger partial charge < -0.3 is 9.88 Å². The quantitative estimate of drug-likeness (QED) is 0.556. The van der Waals surface area contributed by atoms with E-state index in [1.54, 1.807) is 11.8 Å². The molecule has 0 spiro atoms. The first kappa shape index (κ1) is 21.1. The molecule has 0 unspecified atom stereocenters. The molecule has 1 amide bonds. The molecule has 1 aromatic heterocycles. The number of amides is 1. The van der Waals surface area contributed by atoms with E-state index in [1.165, 1.54) is 22.3 Å². The summed E-state index contributed by atoms with van der Waals surface area (Å²) in [6, 6.07) is 16.5. The Morgan fingerprint density at radius 1 is 1.10 bits per heavy atom. The SMILES string of the molecule is Cc1ccc(CCC(=O)N[C@@H](C)c2nnc(SCc3ccccc3C)n2C)cc1. The maximum atomic E-state index is 12.4. The number of aromatic nitrogens is 3. The molecular weight excluding hydrogens is 380 g/mol. The van der Waals surface area contributed by atoms with Gasteiger partial charge in [-0.05, 0) is 43.9 Å². The summed E-state index contributed by atoms with van der Waals surface area (Å²) in [5, 5.41) is 12.5. The van der Waals surface area contributed by atoms with Crippen LogP contribution in [0, 0.1) is 13.8 Å². The van der Waals surface area contributed by atoms with Crippen LogP contribution in [0.15, 0.2) is 53.7 Å². The second kappa shape index (κ2) is 9.74. The molecule has 152 valence electrons. The van der Waals surface area contributed by atoms with Crippen LogP contribution < -0.4 is 5.32 Å². The van der Waals surface area contributed by atoms with E-state index in [0.29, 0.717) is 6.42 Å². The van der Waals surface area contributed by atoms with Gasteiger partial charge in [-0.2, -0.15) is 0 Å². The topological polar surface area (TPSA) is 59.8 Å². The number of hydrogen-bond donors (Lipinski definition) is 1. The highest BCUT2D eigenvalue weighted by Gasteiger charge is 2.17. The summed E-state index contributed by atoms with van der Waals surface area (Å²) in [5.74, 6) is 1.63. The number of nitrogens with zero attached hydrogens (tertiary/aromatic N) is 3. The molecule has 3 rings (SSSR count). The molecule has 0 aliphatic rings. The lowest BCUT2D eigenvalue weighted by Gasteiger charge is -2.14. The van der Waals surface area contributed by atoms with Crippen molar-refractivity contribution >= 4 is 17.7 Å². The van der Waals surface area contributed by atoms with E-state index >= 15 is 0 Å². The first-order valence-corrected chi connectivity index (χ1v) is 10.8. The van der Waals surface area contributed by atoms with Gasteiger partial charge in [0.1, 0.15) is 0 Å². The molecule has 6 heteroatoms. The van der Waals surface area contributed by atoms with Crippen molar-refractivity contribution in [2.75, 3.05) is 0 Å². The van der Waals surface area contributed by atoms with Crippen molar-refractivity contribution in [1.82, 2.24) is 20.1 Å². The van der Waals surface area contributed by atoms with Crippen molar-refractivity contribution in [2.24, 2.45) is 7.05 Å². The minimum atomic E-state index is -0.189. The molecule has 0 fully saturated rings. The van der Waals surface area contributed by atoms with Crippen LogP contribution in [0.25, 0.3) is 0 Å². The average molecular weight is 409 g/mol. The maximum Gasteiger partial charge on any atom is 0.220 e. The van der Waals surface area contributed by atoms with Crippen LogP contribution in [0.5, 0.6) is 0 Å². The molecule has 3 aromatic rings. The molecule has 2 aromatic carbocycles. The van der Waals surface area contributed by atoms with Crippen LogP contribution in [0.1, 0.15) is 47.5 Å². The molecule has 29 heavy (non-hydrogen) atoms. The number of aryl methyl sites for hydroxylation is 3. The van der Waals surface area contributed by atoms with Crippen LogP contribution in [0.4, 0.5) is 0 Å². The van der Waals surface area contributed by atoms with E-state index in [1.807, 2.05) is 24.6 Å². The third-order valence-electron chi connectivity index (χ3n) is 5.01. The molecule has 0 saturated carbocycles. The van der Waals surface area contributed by atoms with E-state index in [0.717, 1.165) is 23.2 Å². The predicted octanol–water partition coefficient (Wildman–Crippen LogP) is 4.53. The number of thioether (sulfide) groups is 1. The Bertz CT molecular complexity index is 965. The maximum absolute atomic E-state index is 12.4. The van der Waals surface area contributed by atoms with Gasteiger partial charge in [-0.3, -0.25) is 4.79 Å². The summed E-state index contributed by atoms with van der Waals surface area (Å²) in [6.07, 6.45) is 1.19. The van der Waals surface area contributed by atoms with E-state index in [4.69, 9.17) is 0 Å². The zero-order chi connectivity index (χ0) is 20.8. The van der Waals surface area contributed by atoms with Gasteiger partial charge in [0.15, 0.2) is 11.0 Å². The van der Waals surface area contributed by atoms with Crippen molar-refractivity contribution in [2.45, 2.75) is 50.6 Å². The van der Waals surface area contributed by atoms with Crippen LogP contribution in [0.3, 0.4) is 0 Å². The summed E-state index contributed by atoms with van der Waals surface area (Å²) in [7, 11) is 1.95. The number of benzene rings is 2. The second-order valence-corrected chi connectivity index (χ2v) is 8.33. The lowest BCUT2D eigenvalue weighted by Crippen LogP contribution is -2.28. The van der Waals surface area contributed by atoms with Crippen LogP contribution >= 0.6 is 11.8 Å². The molecule has 5 nitrogen and oxygen atoms in total. The van der Waals surface area contributed by atoms with Gasteiger partial charge in [-0.15, -0.1) is 10.2 Å². The molecule has 0 aliphatic carbocycles. The Labute approximate surface area is 176 Å². The highest BCUT2D eigenvalue weighted by atomic mass is 32.2. The molecule has 0 aliphatic heterocycles. The summed E-state index contributed by atoms with van der Waals surface area (Å²) in [6.45, 7) is 6.13. The van der Waals surface area contributed by atoms with E-state index in [2.05, 4.69) is 71.8 Å². The first-order chi connectivity index (χ1) is 13.9. The van der Waals surface area contributed by atoms with Gasteiger partial charge in [0.2, 0.25) is 5.91 Å². The number of nitrogens with one attached hydrogen (secondary N) is 1. The van der Waals surface area contributed by atoms with E-state index in [-0.39, 0.29) is 11.9 Å². The fourth-order valence-electron chi connectivity index (χ4n) is 3.13. The van der Waals surface area contributed by atoms with E-state index in [9.17, 15) is 4.79 Å². The number of hydrogen-bond acceptors (Lipinski definition) is 4. The fraction of sp³-hybridized carbons (Fsp3) is 0.348. The molecular formula is C23H28N4OS. The fourth-order valence-corrected chi connectivity index (χ4v) is 4.13. The smallest absolute Gasteiger partial charge is 0.220 e. The Morgan fingerprint density at radius 2 is 1.83 bits per heavy atom. The number of rotatable bonds is 8. The van der Waals surface area contributed by atoms with Crippen LogP contribution in [-0.4, -0.2) is 20.7 Å². The van der Waals surface area contributed by atoms with Crippen LogP contribution in [0.2, 0.25) is 0 Å². The minimum absolute atomic E-state index is 0.0233. The predicted molar refractivity (Wildman–Crippen MR) is 118 cm³/mol. The van der Waals surface area contributed by atoms with Gasteiger partial charge in [0.25, 0.3) is 0 Å². The third kappa shape index (κ3) is 5.70. The Hall–Kier alpha value is -2.60. The normalized spacial score (nSPS) is 12.0. The lowest BCUT2D eigenvalue weighted by atomic mass is 10.1. The zero-order valence-electron chi connectivity index (χ0n) is 17.5. The summed E-state index contributed by atoms with van der Waals surface area (Å²) < 4.78 is 1.97. The average Bonchev–Trinajstić information content (AvgIpc) is 3.07. The van der Waals surface area contributed by atoms with Gasteiger partial charge in [-0.25, -0.2) is 0 Å². The van der Waals surface area contributed by atoms with Crippen molar-refractivity contribution in [3.8, 4) is 0 Å². The Morgan fingerprint density at radius 3 is 2.55 bits per heavy atom. The van der Waals surface area contributed by atoms with Crippen molar-refractivity contribution in [3.63, 3.8) is 0 Å². The summed E-state index contributed by atoms with van der Waals surface area (Å²) in [5.41, 5.74) is 4.97. The second-order valence-electron chi connectivity index (χ2n) is 7.39. The number of carbonyl (C=O) groups is 1. The van der Waals surface area contributed by atoms with Crippen LogP contribution in [-0.2, 0) is 24.0 Å². The van der Waals surface area contributed by atoms with Gasteiger partial charge in [0, 0.05) is 19.2 Å². The van der Waals surface area contributed by atoms with Crippen molar-refractivity contribution in [1.29, 1.82) is 0 Å². The highest BCUT2D eigenvalue weighted by Crippen LogP contribution is 2.24. The summed E-state index contributed by atoms with van der Waals surface area (Å²) >= 11 is 1.66. The molecule has 1 N–H and O–H groups in total. The van der Waals surface area contributed by atoms with Gasteiger partial charge in [0.05, 0.1) is 6.04 Å². The molecule has 1 atom stereocenters. The highest BCUT2D eigenvalue weighted by molar-refractivity contribution is 7.98. The zero-order valence-corrected chi connectivity index (χ0v) is 18.3. The van der Waals surface area contributed by atoms with Gasteiger partial charge >= 0.3 is 0 Å². The molecule has 0 saturated heterocycles.